The third kappa shape index (κ3) is 3.59. The molecular formula is C15H18BrNOS. The van der Waals surface area contributed by atoms with Crippen LogP contribution in [0.15, 0.2) is 39.5 Å². The fourth-order valence-corrected chi connectivity index (χ4v) is 3.32. The van der Waals surface area contributed by atoms with Gasteiger partial charge in [0.25, 0.3) is 0 Å². The van der Waals surface area contributed by atoms with Crippen LogP contribution in [0, 0.1) is 0 Å². The van der Waals surface area contributed by atoms with E-state index in [0.29, 0.717) is 0 Å². The number of aliphatic hydroxyl groups excluding tert-OH is 1. The molecule has 1 N–H and O–H groups in total. The molecule has 0 aliphatic heterocycles. The largest absolute Gasteiger partial charge is 0.388 e. The number of para-hydroxylation sites is 1. The molecule has 0 saturated carbocycles. The van der Waals surface area contributed by atoms with Gasteiger partial charge in [0.05, 0.1) is 9.89 Å². The Hall–Kier alpha value is -0.840. The summed E-state index contributed by atoms with van der Waals surface area (Å²) < 4.78 is 1.15. The average Bonchev–Trinajstić information content (AvgIpc) is 2.83. The van der Waals surface area contributed by atoms with Gasteiger partial charge in [-0.15, -0.1) is 11.3 Å². The van der Waals surface area contributed by atoms with Crippen molar-refractivity contribution in [2.75, 3.05) is 11.9 Å². The van der Waals surface area contributed by atoms with Gasteiger partial charge in [0.15, 0.2) is 0 Å². The smallest absolute Gasteiger partial charge is 0.0807 e. The quantitative estimate of drug-likeness (QED) is 0.860. The van der Waals surface area contributed by atoms with E-state index in [1.54, 1.807) is 11.3 Å². The van der Waals surface area contributed by atoms with Crippen LogP contribution in [0.2, 0.25) is 0 Å². The Morgan fingerprint density at radius 2 is 2.11 bits per heavy atom. The first kappa shape index (κ1) is 14.6. The second-order valence-electron chi connectivity index (χ2n) is 4.60. The van der Waals surface area contributed by atoms with Gasteiger partial charge in [-0.3, -0.25) is 0 Å². The predicted molar refractivity (Wildman–Crippen MR) is 85.8 cm³/mol. The molecule has 0 amide bonds. The van der Waals surface area contributed by atoms with E-state index < -0.39 is 6.10 Å². The molecule has 102 valence electrons. The van der Waals surface area contributed by atoms with E-state index in [-0.39, 0.29) is 0 Å². The van der Waals surface area contributed by atoms with Crippen LogP contribution >= 0.6 is 27.3 Å². The van der Waals surface area contributed by atoms with Crippen LogP contribution in [0.25, 0.3) is 0 Å². The van der Waals surface area contributed by atoms with E-state index in [4.69, 9.17) is 0 Å². The minimum atomic E-state index is -0.395. The Morgan fingerprint density at radius 3 is 2.74 bits per heavy atom. The maximum Gasteiger partial charge on any atom is 0.0807 e. The molecule has 4 heteroatoms. The van der Waals surface area contributed by atoms with Gasteiger partial charge in [0, 0.05) is 24.8 Å². The molecule has 2 rings (SSSR count). The summed E-state index contributed by atoms with van der Waals surface area (Å²) in [6.45, 7) is 2.84. The van der Waals surface area contributed by atoms with Crippen LogP contribution in [0.3, 0.4) is 0 Å². The van der Waals surface area contributed by atoms with Crippen molar-refractivity contribution in [3.05, 3.63) is 50.6 Å². The Kier molecular flexibility index (Phi) is 5.02. The number of nitrogens with zero attached hydrogens (tertiary/aromatic N) is 1. The zero-order valence-electron chi connectivity index (χ0n) is 11.1. The number of rotatable bonds is 5. The molecule has 0 radical (unpaired) electrons. The number of benzene rings is 1. The summed E-state index contributed by atoms with van der Waals surface area (Å²) in [6.07, 6.45) is 0.336. The van der Waals surface area contributed by atoms with E-state index in [1.165, 1.54) is 5.56 Å². The van der Waals surface area contributed by atoms with Crippen LogP contribution in [0.4, 0.5) is 5.69 Å². The molecule has 0 aliphatic carbocycles. The third-order valence-electron chi connectivity index (χ3n) is 3.14. The van der Waals surface area contributed by atoms with Crippen molar-refractivity contribution in [1.82, 2.24) is 0 Å². The topological polar surface area (TPSA) is 23.5 Å². The van der Waals surface area contributed by atoms with Crippen molar-refractivity contribution < 1.29 is 5.11 Å². The lowest BCUT2D eigenvalue weighted by atomic mass is 10.0. The molecule has 0 spiro atoms. The third-order valence-corrected chi connectivity index (χ3v) is 4.69. The number of halogens is 1. The lowest BCUT2D eigenvalue weighted by Crippen LogP contribution is -2.18. The second kappa shape index (κ2) is 6.55. The average molecular weight is 340 g/mol. The van der Waals surface area contributed by atoms with Gasteiger partial charge in [0.1, 0.15) is 0 Å². The monoisotopic (exact) mass is 339 g/mol. The normalized spacial score (nSPS) is 12.4. The lowest BCUT2D eigenvalue weighted by Gasteiger charge is -2.24. The number of aliphatic hydroxyl groups is 1. The lowest BCUT2D eigenvalue weighted by molar-refractivity contribution is 0.174. The first-order valence-corrected chi connectivity index (χ1v) is 8.00. The second-order valence-corrected chi connectivity index (χ2v) is 6.89. The molecule has 0 unspecified atom stereocenters. The molecule has 0 saturated heterocycles. The fourth-order valence-electron chi connectivity index (χ4n) is 2.12. The first-order valence-electron chi connectivity index (χ1n) is 6.33. The maximum absolute atomic E-state index is 10.1. The minimum Gasteiger partial charge on any atom is -0.388 e. The molecule has 1 aromatic heterocycles. The number of thiophene rings is 1. The molecule has 0 aliphatic rings. The van der Waals surface area contributed by atoms with E-state index >= 15 is 0 Å². The molecule has 1 aromatic carbocycles. The molecule has 19 heavy (non-hydrogen) atoms. The SMILES string of the molecule is CC[C@@H](O)c1ccccc1N(C)Cc1csc(Br)c1. The Labute approximate surface area is 126 Å². The Bertz CT molecular complexity index is 540. The minimum absolute atomic E-state index is 0.395. The number of anilines is 1. The van der Waals surface area contributed by atoms with Crippen molar-refractivity contribution >= 4 is 33.0 Å². The standard InChI is InChI=1S/C15H18BrNOS/c1-3-14(18)12-6-4-5-7-13(12)17(2)9-11-8-15(16)19-10-11/h4-8,10,14,18H,3,9H2,1-2H3/t14-/m1/s1. The van der Waals surface area contributed by atoms with Gasteiger partial charge in [-0.1, -0.05) is 25.1 Å². The Balaban J connectivity index is 2.21. The molecule has 2 nitrogen and oxygen atoms in total. The zero-order chi connectivity index (χ0) is 13.8. The summed E-state index contributed by atoms with van der Waals surface area (Å²) in [7, 11) is 2.06. The van der Waals surface area contributed by atoms with E-state index in [2.05, 4.69) is 45.4 Å². The van der Waals surface area contributed by atoms with Crippen LogP contribution in [0.1, 0.15) is 30.6 Å². The summed E-state index contributed by atoms with van der Waals surface area (Å²) in [5.74, 6) is 0. The van der Waals surface area contributed by atoms with Crippen molar-refractivity contribution in [3.8, 4) is 0 Å². The highest BCUT2D eigenvalue weighted by Crippen LogP contribution is 2.29. The number of hydrogen-bond acceptors (Lipinski definition) is 3. The molecular weight excluding hydrogens is 322 g/mol. The van der Waals surface area contributed by atoms with E-state index in [1.807, 2.05) is 25.1 Å². The van der Waals surface area contributed by atoms with Gasteiger partial charge < -0.3 is 10.0 Å². The summed E-state index contributed by atoms with van der Waals surface area (Å²) in [4.78, 5) is 2.18. The Morgan fingerprint density at radius 1 is 1.37 bits per heavy atom. The van der Waals surface area contributed by atoms with Gasteiger partial charge in [-0.05, 0) is 45.4 Å². The van der Waals surface area contributed by atoms with Crippen LogP contribution < -0.4 is 4.90 Å². The highest BCUT2D eigenvalue weighted by Gasteiger charge is 2.13. The van der Waals surface area contributed by atoms with E-state index in [0.717, 1.165) is 28.0 Å². The molecule has 1 heterocycles. The maximum atomic E-state index is 10.1. The van der Waals surface area contributed by atoms with Crippen molar-refractivity contribution in [1.29, 1.82) is 0 Å². The van der Waals surface area contributed by atoms with Gasteiger partial charge in [-0.2, -0.15) is 0 Å². The van der Waals surface area contributed by atoms with Crippen LogP contribution in [-0.4, -0.2) is 12.2 Å². The van der Waals surface area contributed by atoms with Crippen molar-refractivity contribution in [2.45, 2.75) is 26.0 Å². The highest BCUT2D eigenvalue weighted by molar-refractivity contribution is 9.11. The zero-order valence-corrected chi connectivity index (χ0v) is 13.5. The van der Waals surface area contributed by atoms with Gasteiger partial charge >= 0.3 is 0 Å². The van der Waals surface area contributed by atoms with E-state index in [9.17, 15) is 5.11 Å². The summed E-state index contributed by atoms with van der Waals surface area (Å²) in [5.41, 5.74) is 3.38. The molecule has 0 bridgehead atoms. The van der Waals surface area contributed by atoms with Crippen LogP contribution in [-0.2, 0) is 6.54 Å². The van der Waals surface area contributed by atoms with Crippen molar-refractivity contribution in [2.24, 2.45) is 0 Å². The summed E-state index contributed by atoms with van der Waals surface area (Å²) in [6, 6.07) is 10.2. The summed E-state index contributed by atoms with van der Waals surface area (Å²) in [5, 5.41) is 12.2. The molecule has 2 aromatic rings. The number of hydrogen-bond donors (Lipinski definition) is 1. The van der Waals surface area contributed by atoms with Gasteiger partial charge in [0.2, 0.25) is 0 Å². The molecule has 0 fully saturated rings. The van der Waals surface area contributed by atoms with Gasteiger partial charge in [-0.25, -0.2) is 0 Å². The summed E-state index contributed by atoms with van der Waals surface area (Å²) >= 11 is 5.18. The fraction of sp³-hybridized carbons (Fsp3) is 0.333. The van der Waals surface area contributed by atoms with Crippen molar-refractivity contribution in [3.63, 3.8) is 0 Å². The highest BCUT2D eigenvalue weighted by atomic mass is 79.9. The molecule has 1 atom stereocenters. The van der Waals surface area contributed by atoms with Crippen LogP contribution in [0.5, 0.6) is 0 Å². The predicted octanol–water partition coefficient (Wildman–Crippen LogP) is 4.59. The first-order chi connectivity index (χ1) is 9.11.